The van der Waals surface area contributed by atoms with E-state index in [0.717, 1.165) is 12.1 Å². The Morgan fingerprint density at radius 1 is 0.850 bits per heavy atom. The summed E-state index contributed by atoms with van der Waals surface area (Å²) in [5.74, 6) is -1.80. The fourth-order valence-corrected chi connectivity index (χ4v) is 4.59. The van der Waals surface area contributed by atoms with Gasteiger partial charge in [0.15, 0.2) is 18.2 Å². The predicted octanol–water partition coefficient (Wildman–Crippen LogP) is -0.754. The minimum atomic E-state index is -1.75. The Labute approximate surface area is 225 Å². The Morgan fingerprint density at radius 3 is 2.25 bits per heavy atom. The molecule has 2 aliphatic rings. The van der Waals surface area contributed by atoms with Crippen LogP contribution in [0.25, 0.3) is 22.3 Å². The van der Waals surface area contributed by atoms with E-state index >= 15 is 0 Å². The number of aromatic hydroxyl groups is 3. The number of aliphatic hydroxyl groups excluding tert-OH is 5. The van der Waals surface area contributed by atoms with Gasteiger partial charge >= 0.3 is 0 Å². The highest BCUT2D eigenvalue weighted by Crippen LogP contribution is 2.38. The maximum atomic E-state index is 13.6. The molecule has 14 heteroatoms. The van der Waals surface area contributed by atoms with E-state index in [-0.39, 0.29) is 33.8 Å². The van der Waals surface area contributed by atoms with Crippen molar-refractivity contribution in [1.29, 1.82) is 0 Å². The van der Waals surface area contributed by atoms with Gasteiger partial charge in [0.2, 0.25) is 17.5 Å². The summed E-state index contributed by atoms with van der Waals surface area (Å²) in [5.41, 5.74) is -0.852. The second kappa shape index (κ2) is 10.8. The predicted molar refractivity (Wildman–Crippen MR) is 133 cm³/mol. The van der Waals surface area contributed by atoms with Crippen LogP contribution in [-0.4, -0.2) is 103 Å². The molecular formula is C26H28O14. The van der Waals surface area contributed by atoms with Crippen LogP contribution in [0.1, 0.15) is 6.92 Å². The molecule has 0 amide bonds. The molecule has 3 heterocycles. The number of hydrogen-bond acceptors (Lipinski definition) is 14. The first kappa shape index (κ1) is 28.1. The molecule has 40 heavy (non-hydrogen) atoms. The molecule has 0 aliphatic carbocycles. The lowest BCUT2D eigenvalue weighted by Gasteiger charge is -2.44. The number of aliphatic hydroxyl groups is 5. The van der Waals surface area contributed by atoms with Gasteiger partial charge in [-0.2, -0.15) is 0 Å². The van der Waals surface area contributed by atoms with Crippen molar-refractivity contribution in [3.8, 4) is 34.3 Å². The van der Waals surface area contributed by atoms with Crippen LogP contribution in [0.3, 0.4) is 0 Å². The molecule has 0 spiro atoms. The summed E-state index contributed by atoms with van der Waals surface area (Å²) in [5, 5.41) is 81.1. The maximum Gasteiger partial charge on any atom is 0.239 e. The number of benzene rings is 2. The lowest BCUT2D eigenvalue weighted by molar-refractivity contribution is -0.341. The van der Waals surface area contributed by atoms with E-state index in [2.05, 4.69) is 0 Å². The van der Waals surface area contributed by atoms with Crippen molar-refractivity contribution in [3.63, 3.8) is 0 Å². The van der Waals surface area contributed by atoms with Gasteiger partial charge in [-0.15, -0.1) is 0 Å². The van der Waals surface area contributed by atoms with Crippen molar-refractivity contribution >= 4 is 11.0 Å². The first-order valence-corrected chi connectivity index (χ1v) is 12.3. The van der Waals surface area contributed by atoms with Crippen LogP contribution in [0.2, 0.25) is 0 Å². The SMILES string of the molecule is C[C@@H]1O[C@@H](Oc2c(-c3ccc(O)cc3)oc3cc(O)cc(O)c3c2=O)[C@H](O[C@@H]2OC[C@H](O)[C@H](O)[C@H]2O)[C@H](O)[C@H]1O. The summed E-state index contributed by atoms with van der Waals surface area (Å²) in [7, 11) is 0. The molecule has 1 aromatic heterocycles. The normalized spacial score (nSPS) is 32.7. The van der Waals surface area contributed by atoms with E-state index in [0.29, 0.717) is 0 Å². The molecule has 2 aromatic carbocycles. The topological polar surface area (TPSA) is 229 Å². The highest BCUT2D eigenvalue weighted by molar-refractivity contribution is 5.88. The highest BCUT2D eigenvalue weighted by Gasteiger charge is 2.49. The van der Waals surface area contributed by atoms with Crippen molar-refractivity contribution in [2.24, 2.45) is 0 Å². The lowest BCUT2D eigenvalue weighted by Crippen LogP contribution is -2.62. The molecule has 0 saturated carbocycles. The van der Waals surface area contributed by atoms with Crippen LogP contribution in [-0.2, 0) is 14.2 Å². The van der Waals surface area contributed by atoms with Crippen molar-refractivity contribution < 1.29 is 64.2 Å². The summed E-state index contributed by atoms with van der Waals surface area (Å²) < 4.78 is 28.4. The standard InChI is InChI=1S/C26H28O14/c1-9-17(31)20(34)24(40-25-21(35)18(32)14(30)8-36-25)26(37-9)39-23-19(33)16-13(29)6-12(28)7-15(16)38-22(23)10-2-4-11(27)5-3-10/h2-7,9,14,17-18,20-21,24-32,34-35H,8H2,1H3/t9-,14-,17-,18-,20+,21+,24+,25-,26-/m0/s1. The molecule has 2 aliphatic heterocycles. The first-order valence-electron chi connectivity index (χ1n) is 12.3. The van der Waals surface area contributed by atoms with E-state index in [1.807, 2.05) is 0 Å². The van der Waals surface area contributed by atoms with Crippen LogP contribution in [0.15, 0.2) is 45.6 Å². The van der Waals surface area contributed by atoms with Gasteiger partial charge < -0.3 is 64.2 Å². The van der Waals surface area contributed by atoms with Crippen LogP contribution in [0.5, 0.6) is 23.0 Å². The molecule has 2 saturated heterocycles. The fraction of sp³-hybridized carbons (Fsp3) is 0.423. The zero-order valence-electron chi connectivity index (χ0n) is 20.9. The number of phenolic OH excluding ortho intramolecular Hbond substituents is 3. The first-order chi connectivity index (χ1) is 19.0. The average Bonchev–Trinajstić information content (AvgIpc) is 2.91. The Balaban J connectivity index is 1.59. The van der Waals surface area contributed by atoms with E-state index in [9.17, 15) is 45.6 Å². The molecule has 5 rings (SSSR count). The smallest absolute Gasteiger partial charge is 0.239 e. The Morgan fingerprint density at radius 2 is 1.55 bits per heavy atom. The van der Waals surface area contributed by atoms with E-state index in [4.69, 9.17) is 23.4 Å². The summed E-state index contributed by atoms with van der Waals surface area (Å²) in [6.07, 6.45) is -13.9. The quantitative estimate of drug-likeness (QED) is 0.191. The second-order valence-corrected chi connectivity index (χ2v) is 9.63. The van der Waals surface area contributed by atoms with Gasteiger partial charge in [-0.25, -0.2) is 0 Å². The van der Waals surface area contributed by atoms with Crippen LogP contribution in [0.4, 0.5) is 0 Å². The molecule has 0 unspecified atom stereocenters. The van der Waals surface area contributed by atoms with Crippen LogP contribution < -0.4 is 10.2 Å². The molecule has 0 radical (unpaired) electrons. The Kier molecular flexibility index (Phi) is 7.60. The molecule has 216 valence electrons. The Hall–Kier alpha value is -3.47. The number of ether oxygens (including phenoxy) is 4. The van der Waals surface area contributed by atoms with Gasteiger partial charge in [-0.3, -0.25) is 4.79 Å². The van der Waals surface area contributed by atoms with Crippen molar-refractivity contribution in [3.05, 3.63) is 46.6 Å². The summed E-state index contributed by atoms with van der Waals surface area (Å²) >= 11 is 0. The van der Waals surface area contributed by atoms with E-state index < -0.39 is 78.8 Å². The molecule has 3 aromatic rings. The van der Waals surface area contributed by atoms with Gasteiger partial charge in [0.05, 0.1) is 12.7 Å². The lowest BCUT2D eigenvalue weighted by atomic mass is 9.99. The summed E-state index contributed by atoms with van der Waals surface area (Å²) in [6.45, 7) is 1.01. The third-order valence-corrected chi connectivity index (χ3v) is 6.81. The van der Waals surface area contributed by atoms with Crippen molar-refractivity contribution in [2.45, 2.75) is 62.2 Å². The third-order valence-electron chi connectivity index (χ3n) is 6.81. The number of phenols is 3. The van der Waals surface area contributed by atoms with Crippen LogP contribution >= 0.6 is 0 Å². The molecule has 14 nitrogen and oxygen atoms in total. The van der Waals surface area contributed by atoms with Gasteiger partial charge in [-0.1, -0.05) is 0 Å². The number of rotatable bonds is 5. The number of hydrogen-bond donors (Lipinski definition) is 8. The summed E-state index contributed by atoms with van der Waals surface area (Å²) in [4.78, 5) is 13.6. The maximum absolute atomic E-state index is 13.6. The summed E-state index contributed by atoms with van der Waals surface area (Å²) in [6, 6.07) is 7.48. The zero-order valence-corrected chi connectivity index (χ0v) is 20.9. The Bertz CT molecular complexity index is 1420. The minimum absolute atomic E-state index is 0.0852. The molecule has 2 fully saturated rings. The highest BCUT2D eigenvalue weighted by atomic mass is 16.8. The molecular weight excluding hydrogens is 536 g/mol. The second-order valence-electron chi connectivity index (χ2n) is 9.63. The van der Waals surface area contributed by atoms with Gasteiger partial charge in [0.25, 0.3) is 0 Å². The monoisotopic (exact) mass is 564 g/mol. The van der Waals surface area contributed by atoms with Crippen molar-refractivity contribution in [1.82, 2.24) is 0 Å². The van der Waals surface area contributed by atoms with Gasteiger partial charge in [-0.05, 0) is 31.2 Å². The molecule has 8 N–H and O–H groups in total. The van der Waals surface area contributed by atoms with E-state index in [1.165, 1.54) is 31.2 Å². The molecule has 0 bridgehead atoms. The minimum Gasteiger partial charge on any atom is -0.508 e. The largest absolute Gasteiger partial charge is 0.508 e. The van der Waals surface area contributed by atoms with E-state index in [1.54, 1.807) is 0 Å². The third kappa shape index (κ3) is 5.07. The fourth-order valence-electron chi connectivity index (χ4n) is 4.59. The molecule has 9 atom stereocenters. The van der Waals surface area contributed by atoms with Gasteiger partial charge in [0, 0.05) is 17.7 Å². The van der Waals surface area contributed by atoms with Crippen LogP contribution in [0, 0.1) is 0 Å². The average molecular weight is 564 g/mol. The van der Waals surface area contributed by atoms with Crippen molar-refractivity contribution in [2.75, 3.05) is 6.61 Å². The number of fused-ring (bicyclic) bond motifs is 1. The van der Waals surface area contributed by atoms with Gasteiger partial charge in [0.1, 0.15) is 58.7 Å². The zero-order chi connectivity index (χ0) is 28.9.